The van der Waals surface area contributed by atoms with Crippen LogP contribution in [0.2, 0.25) is 0 Å². The SMILES string of the molecule is CN(C1CCSC1)S(=O)(=O)c1ccc(C(=O)O)cc1F. The van der Waals surface area contributed by atoms with E-state index in [1.807, 2.05) is 0 Å². The lowest BCUT2D eigenvalue weighted by Gasteiger charge is -2.23. The van der Waals surface area contributed by atoms with E-state index in [2.05, 4.69) is 0 Å². The molecule has 2 rings (SSSR count). The van der Waals surface area contributed by atoms with Gasteiger partial charge in [-0.1, -0.05) is 0 Å². The smallest absolute Gasteiger partial charge is 0.335 e. The third kappa shape index (κ3) is 2.82. The maximum atomic E-state index is 13.9. The van der Waals surface area contributed by atoms with Gasteiger partial charge in [0.05, 0.1) is 5.56 Å². The van der Waals surface area contributed by atoms with Crippen molar-refractivity contribution in [2.45, 2.75) is 17.4 Å². The van der Waals surface area contributed by atoms with Crippen molar-refractivity contribution in [1.82, 2.24) is 4.31 Å². The molecule has 1 heterocycles. The predicted octanol–water partition coefficient (Wildman–Crippen LogP) is 1.65. The fourth-order valence-electron chi connectivity index (χ4n) is 2.00. The Balaban J connectivity index is 2.36. The number of rotatable bonds is 4. The van der Waals surface area contributed by atoms with Crippen LogP contribution in [0.3, 0.4) is 0 Å². The minimum absolute atomic E-state index is 0.149. The van der Waals surface area contributed by atoms with E-state index in [4.69, 9.17) is 5.11 Å². The monoisotopic (exact) mass is 319 g/mol. The number of halogens is 1. The summed E-state index contributed by atoms with van der Waals surface area (Å²) < 4.78 is 39.8. The Morgan fingerprint density at radius 2 is 2.20 bits per heavy atom. The molecule has 110 valence electrons. The van der Waals surface area contributed by atoms with Crippen molar-refractivity contribution in [1.29, 1.82) is 0 Å². The Morgan fingerprint density at radius 1 is 1.50 bits per heavy atom. The van der Waals surface area contributed by atoms with Crippen LogP contribution in [-0.2, 0) is 10.0 Å². The van der Waals surface area contributed by atoms with E-state index in [0.717, 1.165) is 30.4 Å². The Hall–Kier alpha value is -1.12. The van der Waals surface area contributed by atoms with E-state index in [1.165, 1.54) is 11.4 Å². The number of hydrogen-bond acceptors (Lipinski definition) is 4. The molecule has 0 spiro atoms. The molecule has 0 bridgehead atoms. The van der Waals surface area contributed by atoms with Gasteiger partial charge in [0.2, 0.25) is 10.0 Å². The van der Waals surface area contributed by atoms with Crippen LogP contribution >= 0.6 is 11.8 Å². The summed E-state index contributed by atoms with van der Waals surface area (Å²) >= 11 is 1.65. The first-order chi connectivity index (χ1) is 9.34. The van der Waals surface area contributed by atoms with Gasteiger partial charge in [-0.2, -0.15) is 16.1 Å². The Bertz CT molecular complexity index is 626. The van der Waals surface area contributed by atoms with Crippen LogP contribution in [0.4, 0.5) is 4.39 Å². The third-order valence-corrected chi connectivity index (χ3v) is 6.34. The summed E-state index contributed by atoms with van der Waals surface area (Å²) in [6, 6.07) is 2.68. The summed E-state index contributed by atoms with van der Waals surface area (Å²) in [7, 11) is -2.52. The van der Waals surface area contributed by atoms with Gasteiger partial charge in [-0.3, -0.25) is 0 Å². The standard InChI is InChI=1S/C12H14FNO4S2/c1-14(9-4-5-19-7-9)20(17,18)11-3-2-8(12(15)16)6-10(11)13/h2-3,6,9H,4-5,7H2,1H3,(H,15,16). The van der Waals surface area contributed by atoms with Gasteiger partial charge in [-0.15, -0.1) is 0 Å². The maximum absolute atomic E-state index is 13.9. The summed E-state index contributed by atoms with van der Waals surface area (Å²) in [5.74, 6) is -0.772. The lowest BCUT2D eigenvalue weighted by atomic mass is 10.2. The van der Waals surface area contributed by atoms with E-state index >= 15 is 0 Å². The van der Waals surface area contributed by atoms with Crippen molar-refractivity contribution >= 4 is 27.8 Å². The second-order valence-electron chi connectivity index (χ2n) is 4.49. The molecule has 1 aromatic rings. The van der Waals surface area contributed by atoms with Gasteiger partial charge in [0.1, 0.15) is 10.7 Å². The molecule has 0 aliphatic carbocycles. The number of carbonyl (C=O) groups is 1. The molecule has 1 N–H and O–H groups in total. The average molecular weight is 319 g/mol. The first-order valence-corrected chi connectivity index (χ1v) is 8.52. The van der Waals surface area contributed by atoms with E-state index in [0.29, 0.717) is 5.75 Å². The molecule has 1 unspecified atom stereocenters. The van der Waals surface area contributed by atoms with Crippen molar-refractivity contribution in [3.63, 3.8) is 0 Å². The van der Waals surface area contributed by atoms with Crippen LogP contribution in [0.5, 0.6) is 0 Å². The fourth-order valence-corrected chi connectivity index (χ4v) is 4.79. The number of hydrogen-bond donors (Lipinski definition) is 1. The highest BCUT2D eigenvalue weighted by molar-refractivity contribution is 7.99. The Kier molecular flexibility index (Phi) is 4.36. The molecule has 0 radical (unpaired) electrons. The number of carboxylic acids is 1. The highest BCUT2D eigenvalue weighted by Gasteiger charge is 2.32. The number of sulfonamides is 1. The van der Waals surface area contributed by atoms with E-state index in [-0.39, 0.29) is 11.6 Å². The summed E-state index contributed by atoms with van der Waals surface area (Å²) in [5.41, 5.74) is -0.277. The molecular formula is C12H14FNO4S2. The predicted molar refractivity (Wildman–Crippen MR) is 74.0 cm³/mol. The normalized spacial score (nSPS) is 19.4. The zero-order valence-corrected chi connectivity index (χ0v) is 12.4. The van der Waals surface area contributed by atoms with Gasteiger partial charge in [-0.05, 0) is 30.4 Å². The summed E-state index contributed by atoms with van der Waals surface area (Å²) in [5, 5.41) is 8.76. The van der Waals surface area contributed by atoms with Gasteiger partial charge >= 0.3 is 5.97 Å². The van der Waals surface area contributed by atoms with Gasteiger partial charge in [0.15, 0.2) is 0 Å². The van der Waals surface area contributed by atoms with Gasteiger partial charge < -0.3 is 5.11 Å². The highest BCUT2D eigenvalue weighted by Crippen LogP contribution is 2.27. The largest absolute Gasteiger partial charge is 0.478 e. The molecule has 0 aromatic heterocycles. The second kappa shape index (κ2) is 5.71. The molecule has 1 fully saturated rings. The van der Waals surface area contributed by atoms with Gasteiger partial charge in [0.25, 0.3) is 0 Å². The molecule has 1 saturated heterocycles. The first kappa shape index (κ1) is 15.3. The van der Waals surface area contributed by atoms with Crippen molar-refractivity contribution < 1.29 is 22.7 Å². The molecule has 1 aliphatic rings. The fraction of sp³-hybridized carbons (Fsp3) is 0.417. The minimum atomic E-state index is -3.94. The quantitative estimate of drug-likeness (QED) is 0.913. The van der Waals surface area contributed by atoms with Crippen LogP contribution in [0.25, 0.3) is 0 Å². The van der Waals surface area contributed by atoms with E-state index in [1.54, 1.807) is 11.8 Å². The summed E-state index contributed by atoms with van der Waals surface area (Å²) in [4.78, 5) is 10.2. The molecule has 1 aromatic carbocycles. The Labute approximate surface area is 120 Å². The van der Waals surface area contributed by atoms with Gasteiger partial charge in [-0.25, -0.2) is 17.6 Å². The number of nitrogens with zero attached hydrogens (tertiary/aromatic N) is 1. The molecular weight excluding hydrogens is 305 g/mol. The maximum Gasteiger partial charge on any atom is 0.335 e. The topological polar surface area (TPSA) is 74.7 Å². The average Bonchev–Trinajstić information content (AvgIpc) is 2.90. The molecule has 1 aliphatic heterocycles. The van der Waals surface area contributed by atoms with Gasteiger partial charge in [0, 0.05) is 18.8 Å². The van der Waals surface area contributed by atoms with E-state index < -0.39 is 26.7 Å². The Morgan fingerprint density at radius 3 is 2.70 bits per heavy atom. The number of aromatic carboxylic acids is 1. The molecule has 0 amide bonds. The third-order valence-electron chi connectivity index (χ3n) is 3.26. The van der Waals surface area contributed by atoms with Crippen molar-refractivity contribution in [3.05, 3.63) is 29.6 Å². The van der Waals surface area contributed by atoms with Crippen molar-refractivity contribution in [2.24, 2.45) is 0 Å². The number of benzene rings is 1. The summed E-state index contributed by atoms with van der Waals surface area (Å²) in [6.07, 6.45) is 0.731. The van der Waals surface area contributed by atoms with Crippen LogP contribution < -0.4 is 0 Å². The van der Waals surface area contributed by atoms with Crippen LogP contribution in [0, 0.1) is 5.82 Å². The molecule has 0 saturated carbocycles. The minimum Gasteiger partial charge on any atom is -0.478 e. The molecule has 8 heteroatoms. The van der Waals surface area contributed by atoms with E-state index in [9.17, 15) is 17.6 Å². The van der Waals surface area contributed by atoms with Crippen LogP contribution in [-0.4, -0.2) is 48.4 Å². The zero-order chi connectivity index (χ0) is 14.9. The zero-order valence-electron chi connectivity index (χ0n) is 10.7. The summed E-state index contributed by atoms with van der Waals surface area (Å²) in [6.45, 7) is 0. The second-order valence-corrected chi connectivity index (χ2v) is 7.60. The number of carboxylic acid groups (broad SMARTS) is 1. The lowest BCUT2D eigenvalue weighted by Crippen LogP contribution is -2.37. The van der Waals surface area contributed by atoms with Crippen molar-refractivity contribution in [2.75, 3.05) is 18.6 Å². The molecule has 1 atom stereocenters. The van der Waals surface area contributed by atoms with Crippen molar-refractivity contribution in [3.8, 4) is 0 Å². The molecule has 5 nitrogen and oxygen atoms in total. The number of thioether (sulfide) groups is 1. The highest BCUT2D eigenvalue weighted by atomic mass is 32.2. The lowest BCUT2D eigenvalue weighted by molar-refractivity contribution is 0.0696. The van der Waals surface area contributed by atoms with Crippen LogP contribution in [0.15, 0.2) is 23.1 Å². The van der Waals surface area contributed by atoms with Crippen LogP contribution in [0.1, 0.15) is 16.8 Å². The first-order valence-electron chi connectivity index (χ1n) is 5.92. The molecule has 20 heavy (non-hydrogen) atoms.